The number of amides is 2. The van der Waals surface area contributed by atoms with Crippen molar-refractivity contribution in [3.63, 3.8) is 0 Å². The maximum absolute atomic E-state index is 11.8. The van der Waals surface area contributed by atoms with Crippen LogP contribution in [-0.2, 0) is 4.79 Å². The fourth-order valence-corrected chi connectivity index (χ4v) is 2.02. The molecule has 0 spiro atoms. The molecule has 0 radical (unpaired) electrons. The van der Waals surface area contributed by atoms with Gasteiger partial charge in [-0.1, -0.05) is 13.8 Å². The Kier molecular flexibility index (Phi) is 5.40. The number of rotatable bonds is 6. The van der Waals surface area contributed by atoms with Crippen molar-refractivity contribution >= 4 is 12.0 Å². The second kappa shape index (κ2) is 6.58. The zero-order chi connectivity index (χ0) is 13.7. The number of carboxylic acid groups (broad SMARTS) is 1. The summed E-state index contributed by atoms with van der Waals surface area (Å²) in [5.74, 6) is -1.22. The number of nitrogens with zero attached hydrogens (tertiary/aromatic N) is 2. The predicted octanol–water partition coefficient (Wildman–Crippen LogP) is 0.443. The first-order valence-electron chi connectivity index (χ1n) is 6.48. The maximum atomic E-state index is 11.8. The number of urea groups is 1. The summed E-state index contributed by atoms with van der Waals surface area (Å²) in [5.41, 5.74) is 0. The Balaban J connectivity index is 2.26. The van der Waals surface area contributed by atoms with E-state index < -0.39 is 11.9 Å². The van der Waals surface area contributed by atoms with Gasteiger partial charge in [-0.05, 0) is 20.0 Å². The third-order valence-electron chi connectivity index (χ3n) is 3.31. The summed E-state index contributed by atoms with van der Waals surface area (Å²) in [7, 11) is 0. The van der Waals surface area contributed by atoms with Gasteiger partial charge < -0.3 is 20.2 Å². The highest BCUT2D eigenvalue weighted by Crippen LogP contribution is 2.15. The number of carboxylic acids is 1. The number of likely N-dealkylation sites (N-methyl/N-ethyl adjacent to an activating group) is 1. The Hall–Kier alpha value is -1.30. The van der Waals surface area contributed by atoms with E-state index in [-0.39, 0.29) is 12.1 Å². The minimum atomic E-state index is -0.824. The highest BCUT2D eigenvalue weighted by atomic mass is 16.4. The van der Waals surface area contributed by atoms with Crippen LogP contribution in [0.1, 0.15) is 20.8 Å². The molecule has 1 aliphatic heterocycles. The van der Waals surface area contributed by atoms with E-state index in [0.29, 0.717) is 13.1 Å². The molecular formula is C12H23N3O3. The van der Waals surface area contributed by atoms with Gasteiger partial charge in [0.15, 0.2) is 0 Å². The molecule has 0 aromatic carbocycles. The molecule has 1 aliphatic rings. The van der Waals surface area contributed by atoms with Gasteiger partial charge in [-0.3, -0.25) is 4.79 Å². The fourth-order valence-electron chi connectivity index (χ4n) is 2.02. The molecule has 1 rings (SSSR count). The predicted molar refractivity (Wildman–Crippen MR) is 68.5 cm³/mol. The summed E-state index contributed by atoms with van der Waals surface area (Å²) in [6.45, 7) is 9.51. The first kappa shape index (κ1) is 14.8. The van der Waals surface area contributed by atoms with Crippen molar-refractivity contribution in [2.75, 3.05) is 32.7 Å². The molecule has 104 valence electrons. The average Bonchev–Trinajstić information content (AvgIpc) is 2.22. The van der Waals surface area contributed by atoms with E-state index in [0.717, 1.165) is 19.6 Å². The molecule has 0 aliphatic carbocycles. The number of hydrogen-bond acceptors (Lipinski definition) is 3. The third-order valence-corrected chi connectivity index (χ3v) is 3.31. The largest absolute Gasteiger partial charge is 0.481 e. The zero-order valence-electron chi connectivity index (χ0n) is 11.3. The topological polar surface area (TPSA) is 72.9 Å². The third kappa shape index (κ3) is 3.87. The minimum Gasteiger partial charge on any atom is -0.481 e. The van der Waals surface area contributed by atoms with Gasteiger partial charge in [0.25, 0.3) is 0 Å². The van der Waals surface area contributed by atoms with E-state index in [1.54, 1.807) is 0 Å². The van der Waals surface area contributed by atoms with Crippen LogP contribution in [0.15, 0.2) is 0 Å². The van der Waals surface area contributed by atoms with Crippen LogP contribution in [0, 0.1) is 5.92 Å². The quantitative estimate of drug-likeness (QED) is 0.724. The van der Waals surface area contributed by atoms with E-state index in [4.69, 9.17) is 5.11 Å². The van der Waals surface area contributed by atoms with E-state index in [1.165, 1.54) is 4.90 Å². The van der Waals surface area contributed by atoms with Crippen molar-refractivity contribution in [3.05, 3.63) is 0 Å². The van der Waals surface area contributed by atoms with Crippen molar-refractivity contribution in [1.82, 2.24) is 15.1 Å². The molecule has 0 aromatic heterocycles. The Morgan fingerprint density at radius 2 is 1.94 bits per heavy atom. The van der Waals surface area contributed by atoms with Crippen LogP contribution in [-0.4, -0.2) is 65.7 Å². The second-order valence-corrected chi connectivity index (χ2v) is 4.78. The highest BCUT2D eigenvalue weighted by molar-refractivity contribution is 5.79. The number of hydrogen-bond donors (Lipinski definition) is 2. The Morgan fingerprint density at radius 1 is 1.39 bits per heavy atom. The van der Waals surface area contributed by atoms with Gasteiger partial charge in [-0.2, -0.15) is 0 Å². The zero-order valence-corrected chi connectivity index (χ0v) is 11.3. The molecule has 1 unspecified atom stereocenters. The van der Waals surface area contributed by atoms with Gasteiger partial charge in [0.1, 0.15) is 0 Å². The molecule has 1 heterocycles. The van der Waals surface area contributed by atoms with Gasteiger partial charge in [-0.15, -0.1) is 0 Å². The van der Waals surface area contributed by atoms with E-state index in [9.17, 15) is 9.59 Å². The number of carbonyl (C=O) groups excluding carboxylic acids is 1. The van der Waals surface area contributed by atoms with Gasteiger partial charge in [-0.25, -0.2) is 4.79 Å². The van der Waals surface area contributed by atoms with E-state index in [1.807, 2.05) is 6.92 Å². The molecule has 0 bridgehead atoms. The van der Waals surface area contributed by atoms with Crippen LogP contribution in [0.3, 0.4) is 0 Å². The molecule has 1 fully saturated rings. The fraction of sp³-hybridized carbons (Fsp3) is 0.833. The summed E-state index contributed by atoms with van der Waals surface area (Å²) >= 11 is 0. The summed E-state index contributed by atoms with van der Waals surface area (Å²) in [6.07, 6.45) is 0. The number of likely N-dealkylation sites (tertiary alicyclic amines) is 1. The first-order chi connectivity index (χ1) is 8.47. The van der Waals surface area contributed by atoms with Gasteiger partial charge >= 0.3 is 12.0 Å². The normalized spacial score (nSPS) is 17.4. The standard InChI is InChI=1S/C12H23N3O3/c1-4-14(5-2)6-9(3)13-12(18)15-7-10(8-15)11(16)17/h9-10H,4-8H2,1-3H3,(H,13,18)(H,16,17). The van der Waals surface area contributed by atoms with Crippen molar-refractivity contribution in [2.24, 2.45) is 5.92 Å². The van der Waals surface area contributed by atoms with Gasteiger partial charge in [0.05, 0.1) is 5.92 Å². The van der Waals surface area contributed by atoms with Crippen LogP contribution in [0.4, 0.5) is 4.79 Å². The Morgan fingerprint density at radius 3 is 2.39 bits per heavy atom. The SMILES string of the molecule is CCN(CC)CC(C)NC(=O)N1CC(C(=O)O)C1. The van der Waals surface area contributed by atoms with E-state index in [2.05, 4.69) is 24.1 Å². The summed E-state index contributed by atoms with van der Waals surface area (Å²) in [6, 6.07) is -0.0894. The van der Waals surface area contributed by atoms with E-state index >= 15 is 0 Å². The van der Waals surface area contributed by atoms with Crippen LogP contribution in [0.2, 0.25) is 0 Å². The smallest absolute Gasteiger partial charge is 0.317 e. The average molecular weight is 257 g/mol. The molecule has 18 heavy (non-hydrogen) atoms. The molecule has 2 amide bonds. The lowest BCUT2D eigenvalue weighted by Crippen LogP contribution is -2.58. The van der Waals surface area contributed by atoms with Crippen molar-refractivity contribution in [2.45, 2.75) is 26.8 Å². The minimum absolute atomic E-state index is 0.0706. The lowest BCUT2D eigenvalue weighted by atomic mass is 10.0. The number of aliphatic carboxylic acids is 1. The van der Waals surface area contributed by atoms with Gasteiger partial charge in [0, 0.05) is 25.7 Å². The second-order valence-electron chi connectivity index (χ2n) is 4.78. The molecule has 6 heteroatoms. The molecule has 2 N–H and O–H groups in total. The molecule has 1 atom stereocenters. The molecule has 6 nitrogen and oxygen atoms in total. The monoisotopic (exact) mass is 257 g/mol. The van der Waals surface area contributed by atoms with Crippen LogP contribution in [0.5, 0.6) is 0 Å². The lowest BCUT2D eigenvalue weighted by Gasteiger charge is -2.37. The van der Waals surface area contributed by atoms with Crippen LogP contribution < -0.4 is 5.32 Å². The highest BCUT2D eigenvalue weighted by Gasteiger charge is 2.35. The summed E-state index contributed by atoms with van der Waals surface area (Å²) < 4.78 is 0. The summed E-state index contributed by atoms with van der Waals surface area (Å²) in [5, 5.41) is 11.6. The summed E-state index contributed by atoms with van der Waals surface area (Å²) in [4.78, 5) is 26.2. The van der Waals surface area contributed by atoms with Crippen LogP contribution in [0.25, 0.3) is 0 Å². The number of nitrogens with one attached hydrogen (secondary N) is 1. The van der Waals surface area contributed by atoms with Crippen molar-refractivity contribution in [1.29, 1.82) is 0 Å². The molecule has 0 aromatic rings. The molecular weight excluding hydrogens is 234 g/mol. The van der Waals surface area contributed by atoms with Crippen molar-refractivity contribution in [3.8, 4) is 0 Å². The van der Waals surface area contributed by atoms with Crippen molar-refractivity contribution < 1.29 is 14.7 Å². The van der Waals surface area contributed by atoms with Crippen LogP contribution >= 0.6 is 0 Å². The maximum Gasteiger partial charge on any atom is 0.317 e. The Bertz CT molecular complexity index is 299. The Labute approximate surface area is 108 Å². The lowest BCUT2D eigenvalue weighted by molar-refractivity contribution is -0.146. The molecule has 0 saturated carbocycles. The first-order valence-corrected chi connectivity index (χ1v) is 6.48. The molecule has 1 saturated heterocycles. The number of carbonyl (C=O) groups is 2. The van der Waals surface area contributed by atoms with Gasteiger partial charge in [0.2, 0.25) is 0 Å².